The van der Waals surface area contributed by atoms with Gasteiger partial charge >= 0.3 is 0 Å². The Labute approximate surface area is 151 Å². The van der Waals surface area contributed by atoms with Crippen molar-refractivity contribution in [3.63, 3.8) is 0 Å². The molecule has 0 bridgehead atoms. The number of hydrogen-bond donors (Lipinski definition) is 3. The van der Waals surface area contributed by atoms with Crippen molar-refractivity contribution < 1.29 is 5.11 Å². The number of nitrogens with one attached hydrogen (secondary N) is 2. The van der Waals surface area contributed by atoms with Crippen LogP contribution in [0.15, 0.2) is 66.0 Å². The standard InChI is InChI=1S/C22H22N2O2/c1-3-8-16-20(24-19-12-7-5-10-17(19)22(16)26)13-14-21(25)15-9-4-6-11-18(15)23-2/h3-13,21,23-25H,1,14H2,2H3/b16-8+,20-13+. The van der Waals surface area contributed by atoms with Crippen molar-refractivity contribution >= 4 is 28.7 Å². The van der Waals surface area contributed by atoms with Gasteiger partial charge in [-0.05, 0) is 30.7 Å². The second-order valence-electron chi connectivity index (χ2n) is 6.02. The molecule has 0 amide bonds. The van der Waals surface area contributed by atoms with Crippen LogP contribution in [-0.2, 0) is 0 Å². The Hall–Kier alpha value is -3.11. The molecule has 3 rings (SSSR count). The van der Waals surface area contributed by atoms with E-state index in [4.69, 9.17) is 0 Å². The molecular weight excluding hydrogens is 324 g/mol. The number of aliphatic hydroxyl groups excluding tert-OH is 1. The summed E-state index contributed by atoms with van der Waals surface area (Å²) in [6.45, 7) is 3.70. The summed E-state index contributed by atoms with van der Waals surface area (Å²) in [5.41, 5.74) is 2.44. The van der Waals surface area contributed by atoms with Gasteiger partial charge in [-0.15, -0.1) is 0 Å². The average molecular weight is 346 g/mol. The van der Waals surface area contributed by atoms with Crippen molar-refractivity contribution in [3.05, 3.63) is 87.5 Å². The number of para-hydroxylation sites is 2. The van der Waals surface area contributed by atoms with Crippen LogP contribution < -0.4 is 21.3 Å². The lowest BCUT2D eigenvalue weighted by atomic mass is 10.0. The zero-order valence-corrected chi connectivity index (χ0v) is 14.7. The number of rotatable bonds is 5. The average Bonchev–Trinajstić information content (AvgIpc) is 2.68. The maximum Gasteiger partial charge on any atom is 0.197 e. The Bertz CT molecular complexity index is 1110. The van der Waals surface area contributed by atoms with Crippen LogP contribution in [0.1, 0.15) is 18.1 Å². The lowest BCUT2D eigenvalue weighted by Gasteiger charge is -2.13. The van der Waals surface area contributed by atoms with Crippen molar-refractivity contribution in [2.45, 2.75) is 12.5 Å². The van der Waals surface area contributed by atoms with Gasteiger partial charge in [0.25, 0.3) is 0 Å². The molecule has 3 aromatic rings. The lowest BCUT2D eigenvalue weighted by molar-refractivity contribution is 0.186. The molecule has 0 fully saturated rings. The SMILES string of the molecule is C=C/C=c1/c(=O)c2ccccc2[nH]/c1=C/CC(O)c1ccccc1NC. The smallest absolute Gasteiger partial charge is 0.197 e. The molecule has 3 N–H and O–H groups in total. The molecule has 132 valence electrons. The highest BCUT2D eigenvalue weighted by molar-refractivity contribution is 5.78. The summed E-state index contributed by atoms with van der Waals surface area (Å²) in [6, 6.07) is 15.0. The molecule has 0 spiro atoms. The van der Waals surface area contributed by atoms with E-state index in [1.54, 1.807) is 18.2 Å². The summed E-state index contributed by atoms with van der Waals surface area (Å²) in [5.74, 6) is 0. The summed E-state index contributed by atoms with van der Waals surface area (Å²) in [5, 5.41) is 15.6. The number of allylic oxidation sites excluding steroid dienone is 1. The van der Waals surface area contributed by atoms with Crippen LogP contribution in [0, 0.1) is 0 Å². The maximum absolute atomic E-state index is 12.8. The first-order chi connectivity index (χ1) is 12.7. The Balaban J connectivity index is 2.10. The number of aliphatic hydroxyl groups is 1. The van der Waals surface area contributed by atoms with Gasteiger partial charge in [0.2, 0.25) is 0 Å². The highest BCUT2D eigenvalue weighted by atomic mass is 16.3. The summed E-state index contributed by atoms with van der Waals surface area (Å²) in [7, 11) is 1.83. The molecule has 1 heterocycles. The topological polar surface area (TPSA) is 65.1 Å². The first-order valence-corrected chi connectivity index (χ1v) is 8.54. The van der Waals surface area contributed by atoms with Crippen molar-refractivity contribution in [2.24, 2.45) is 0 Å². The number of hydrogen-bond acceptors (Lipinski definition) is 3. The predicted octanol–water partition coefficient (Wildman–Crippen LogP) is 2.44. The van der Waals surface area contributed by atoms with E-state index >= 15 is 0 Å². The fraction of sp³-hybridized carbons (Fsp3) is 0.136. The van der Waals surface area contributed by atoms with Gasteiger partial charge in [-0.2, -0.15) is 0 Å². The Morgan fingerprint density at radius 3 is 2.69 bits per heavy atom. The molecule has 0 saturated carbocycles. The zero-order valence-electron chi connectivity index (χ0n) is 14.7. The third kappa shape index (κ3) is 3.46. The summed E-state index contributed by atoms with van der Waals surface area (Å²) < 4.78 is 0. The Morgan fingerprint density at radius 2 is 1.92 bits per heavy atom. The van der Waals surface area contributed by atoms with E-state index < -0.39 is 6.10 Å². The number of pyridine rings is 1. The summed E-state index contributed by atoms with van der Waals surface area (Å²) in [4.78, 5) is 16.1. The van der Waals surface area contributed by atoms with Gasteiger partial charge in [-0.25, -0.2) is 0 Å². The van der Waals surface area contributed by atoms with E-state index in [0.717, 1.165) is 16.8 Å². The normalized spacial score (nSPS) is 13.8. The molecule has 0 aliphatic carbocycles. The molecule has 0 aliphatic rings. The monoisotopic (exact) mass is 346 g/mol. The molecule has 0 saturated heterocycles. The number of anilines is 1. The van der Waals surface area contributed by atoms with E-state index in [0.29, 0.717) is 22.4 Å². The largest absolute Gasteiger partial charge is 0.388 e. The Kier molecular flexibility index (Phi) is 5.34. The number of benzene rings is 2. The number of aromatic amines is 1. The van der Waals surface area contributed by atoms with Crippen LogP contribution in [0.25, 0.3) is 23.1 Å². The van der Waals surface area contributed by atoms with Crippen molar-refractivity contribution in [1.82, 2.24) is 4.98 Å². The van der Waals surface area contributed by atoms with Gasteiger partial charge in [0, 0.05) is 39.8 Å². The van der Waals surface area contributed by atoms with Gasteiger partial charge in [0.15, 0.2) is 5.43 Å². The minimum Gasteiger partial charge on any atom is -0.388 e. The molecule has 0 aliphatic heterocycles. The van der Waals surface area contributed by atoms with E-state index in [1.807, 2.05) is 55.6 Å². The lowest BCUT2D eigenvalue weighted by Crippen LogP contribution is -2.41. The second-order valence-corrected chi connectivity index (χ2v) is 6.02. The van der Waals surface area contributed by atoms with Crippen molar-refractivity contribution in [2.75, 3.05) is 12.4 Å². The fourth-order valence-electron chi connectivity index (χ4n) is 3.09. The number of aromatic nitrogens is 1. The summed E-state index contributed by atoms with van der Waals surface area (Å²) in [6.07, 6.45) is 4.87. The molecular formula is C22H22N2O2. The zero-order chi connectivity index (χ0) is 18.5. The maximum atomic E-state index is 12.8. The predicted molar refractivity (Wildman–Crippen MR) is 109 cm³/mol. The third-order valence-electron chi connectivity index (χ3n) is 4.39. The van der Waals surface area contributed by atoms with E-state index in [2.05, 4.69) is 16.9 Å². The van der Waals surface area contributed by atoms with Gasteiger partial charge < -0.3 is 15.4 Å². The van der Waals surface area contributed by atoms with Crippen molar-refractivity contribution in [3.8, 4) is 0 Å². The van der Waals surface area contributed by atoms with Crippen LogP contribution >= 0.6 is 0 Å². The molecule has 1 aromatic heterocycles. The van der Waals surface area contributed by atoms with Crippen LogP contribution in [-0.4, -0.2) is 17.1 Å². The molecule has 2 aromatic carbocycles. The van der Waals surface area contributed by atoms with Gasteiger partial charge in [-0.3, -0.25) is 4.79 Å². The summed E-state index contributed by atoms with van der Waals surface area (Å²) >= 11 is 0. The highest BCUT2D eigenvalue weighted by Gasteiger charge is 2.10. The van der Waals surface area contributed by atoms with Gasteiger partial charge in [0.1, 0.15) is 0 Å². The first kappa shape index (κ1) is 17.7. The van der Waals surface area contributed by atoms with E-state index in [1.165, 1.54) is 0 Å². The van der Waals surface area contributed by atoms with Crippen LogP contribution in [0.2, 0.25) is 0 Å². The molecule has 1 atom stereocenters. The van der Waals surface area contributed by atoms with E-state index in [-0.39, 0.29) is 5.43 Å². The van der Waals surface area contributed by atoms with Gasteiger partial charge in [-0.1, -0.05) is 49.1 Å². The van der Waals surface area contributed by atoms with Gasteiger partial charge in [0.05, 0.1) is 6.10 Å². The van der Waals surface area contributed by atoms with Crippen molar-refractivity contribution in [1.29, 1.82) is 0 Å². The van der Waals surface area contributed by atoms with Crippen LogP contribution in [0.4, 0.5) is 5.69 Å². The minimum absolute atomic E-state index is 0.0457. The highest BCUT2D eigenvalue weighted by Crippen LogP contribution is 2.24. The molecule has 0 radical (unpaired) electrons. The minimum atomic E-state index is -0.676. The molecule has 1 unspecified atom stereocenters. The molecule has 4 nitrogen and oxygen atoms in total. The number of fused-ring (bicyclic) bond motifs is 1. The Morgan fingerprint density at radius 1 is 1.19 bits per heavy atom. The van der Waals surface area contributed by atoms with Crippen LogP contribution in [0.5, 0.6) is 0 Å². The quantitative estimate of drug-likeness (QED) is 0.665. The fourth-order valence-corrected chi connectivity index (χ4v) is 3.09. The molecule has 26 heavy (non-hydrogen) atoms. The molecule has 4 heteroatoms. The third-order valence-corrected chi connectivity index (χ3v) is 4.39. The first-order valence-electron chi connectivity index (χ1n) is 8.54. The number of H-pyrrole nitrogens is 1. The van der Waals surface area contributed by atoms with Crippen LogP contribution in [0.3, 0.4) is 0 Å². The van der Waals surface area contributed by atoms with E-state index in [9.17, 15) is 9.90 Å². The second kappa shape index (κ2) is 7.85.